The second-order valence-corrected chi connectivity index (χ2v) is 6.67. The highest BCUT2D eigenvalue weighted by atomic mass is 32.1. The summed E-state index contributed by atoms with van der Waals surface area (Å²) in [6.45, 7) is 5.93. The van der Waals surface area contributed by atoms with E-state index in [4.69, 9.17) is 4.74 Å². The third-order valence-corrected chi connectivity index (χ3v) is 5.12. The Labute approximate surface area is 140 Å². The first-order valence-electron chi connectivity index (χ1n) is 7.83. The molecular formula is C17H21N3O2S. The van der Waals surface area contributed by atoms with Crippen molar-refractivity contribution in [2.24, 2.45) is 0 Å². The van der Waals surface area contributed by atoms with E-state index in [2.05, 4.69) is 29.4 Å². The van der Waals surface area contributed by atoms with Crippen molar-refractivity contribution in [3.05, 3.63) is 36.0 Å². The first-order chi connectivity index (χ1) is 11.1. The predicted molar refractivity (Wildman–Crippen MR) is 92.9 cm³/mol. The van der Waals surface area contributed by atoms with Crippen LogP contribution in [0.3, 0.4) is 0 Å². The van der Waals surface area contributed by atoms with Gasteiger partial charge in [0.1, 0.15) is 0 Å². The number of benzene rings is 1. The van der Waals surface area contributed by atoms with E-state index in [-0.39, 0.29) is 12.1 Å². The molecular weight excluding hydrogens is 310 g/mol. The third-order valence-electron chi connectivity index (χ3n) is 4.00. The van der Waals surface area contributed by atoms with Gasteiger partial charge in [0, 0.05) is 19.2 Å². The van der Waals surface area contributed by atoms with Crippen molar-refractivity contribution in [2.45, 2.75) is 26.3 Å². The first kappa shape index (κ1) is 16.0. The Morgan fingerprint density at radius 2 is 2.13 bits per heavy atom. The summed E-state index contributed by atoms with van der Waals surface area (Å²) in [5.41, 5.74) is 2.06. The van der Waals surface area contributed by atoms with Crippen LogP contribution < -0.4 is 5.32 Å². The van der Waals surface area contributed by atoms with Gasteiger partial charge in [-0.25, -0.2) is 9.78 Å². The Morgan fingerprint density at radius 3 is 2.91 bits per heavy atom. The lowest BCUT2D eigenvalue weighted by Crippen LogP contribution is -2.42. The van der Waals surface area contributed by atoms with E-state index in [1.165, 1.54) is 11.3 Å². The van der Waals surface area contributed by atoms with E-state index in [9.17, 15) is 4.79 Å². The molecule has 1 saturated heterocycles. The zero-order valence-corrected chi connectivity index (χ0v) is 14.2. The van der Waals surface area contributed by atoms with Crippen molar-refractivity contribution in [3.63, 3.8) is 0 Å². The van der Waals surface area contributed by atoms with Gasteiger partial charge in [-0.1, -0.05) is 41.7 Å². The molecule has 1 aromatic heterocycles. The number of anilines is 1. The van der Waals surface area contributed by atoms with Crippen molar-refractivity contribution in [1.82, 2.24) is 9.88 Å². The zero-order valence-electron chi connectivity index (χ0n) is 13.4. The normalized spacial score (nSPS) is 18.5. The topological polar surface area (TPSA) is 54.5 Å². The lowest BCUT2D eigenvalue weighted by Gasteiger charge is -2.25. The van der Waals surface area contributed by atoms with Crippen LogP contribution in [0.2, 0.25) is 0 Å². The number of hydrogen-bond donors (Lipinski definition) is 1. The minimum atomic E-state index is -0.101. The van der Waals surface area contributed by atoms with Gasteiger partial charge in [0.2, 0.25) is 0 Å². The molecule has 3 rings (SSSR count). The molecule has 2 aromatic rings. The molecule has 0 saturated carbocycles. The second-order valence-electron chi connectivity index (χ2n) is 5.67. The van der Waals surface area contributed by atoms with E-state index < -0.39 is 0 Å². The van der Waals surface area contributed by atoms with Gasteiger partial charge >= 0.3 is 6.03 Å². The Morgan fingerprint density at radius 1 is 1.35 bits per heavy atom. The number of carbonyl (C=O) groups is 1. The number of carbonyl (C=O) groups excluding carboxylic acids is 1. The molecule has 5 nitrogen and oxygen atoms in total. The van der Waals surface area contributed by atoms with Gasteiger partial charge in [-0.3, -0.25) is 5.32 Å². The largest absolute Gasteiger partial charge is 0.380 e. The minimum absolute atomic E-state index is 0.101. The van der Waals surface area contributed by atoms with Crippen LogP contribution in [-0.2, 0) is 4.74 Å². The number of hydrogen-bond acceptors (Lipinski definition) is 4. The standard InChI is InChI=1S/C17H21N3O2S/c1-12-8-10-22-11-9-20(12)17(21)19-16-18-13(2)15(23-16)14-6-4-3-5-7-14/h3-7,12H,8-11H2,1-2H3,(H,18,19,21)/t12-/m0/s1. The molecule has 122 valence electrons. The highest BCUT2D eigenvalue weighted by Gasteiger charge is 2.23. The van der Waals surface area contributed by atoms with Crippen LogP contribution in [0, 0.1) is 6.92 Å². The van der Waals surface area contributed by atoms with E-state index >= 15 is 0 Å². The summed E-state index contributed by atoms with van der Waals surface area (Å²) in [4.78, 5) is 19.9. The summed E-state index contributed by atoms with van der Waals surface area (Å²) in [6, 6.07) is 10.2. The summed E-state index contributed by atoms with van der Waals surface area (Å²) in [5.74, 6) is 0. The van der Waals surface area contributed by atoms with Crippen LogP contribution in [0.1, 0.15) is 19.0 Å². The van der Waals surface area contributed by atoms with Crippen LogP contribution in [0.15, 0.2) is 30.3 Å². The fraction of sp³-hybridized carbons (Fsp3) is 0.412. The Balaban J connectivity index is 1.74. The molecule has 0 unspecified atom stereocenters. The molecule has 6 heteroatoms. The lowest BCUT2D eigenvalue weighted by atomic mass is 10.2. The summed E-state index contributed by atoms with van der Waals surface area (Å²) in [6.07, 6.45) is 0.861. The number of rotatable bonds is 2. The second kappa shape index (κ2) is 7.10. The molecule has 1 aliphatic heterocycles. The number of thiazole rings is 1. The molecule has 1 N–H and O–H groups in total. The molecule has 0 spiro atoms. The number of urea groups is 1. The van der Waals surface area contributed by atoms with Crippen molar-refractivity contribution >= 4 is 22.5 Å². The van der Waals surface area contributed by atoms with Crippen LogP contribution in [0.5, 0.6) is 0 Å². The molecule has 2 amide bonds. The van der Waals surface area contributed by atoms with E-state index in [0.29, 0.717) is 24.9 Å². The third kappa shape index (κ3) is 3.71. The Hall–Kier alpha value is -1.92. The van der Waals surface area contributed by atoms with Crippen molar-refractivity contribution in [2.75, 3.05) is 25.1 Å². The van der Waals surface area contributed by atoms with Crippen molar-refractivity contribution in [1.29, 1.82) is 0 Å². The number of nitrogens with zero attached hydrogens (tertiary/aromatic N) is 2. The zero-order chi connectivity index (χ0) is 16.2. The van der Waals surface area contributed by atoms with Crippen molar-refractivity contribution in [3.8, 4) is 10.4 Å². The van der Waals surface area contributed by atoms with Gasteiger partial charge in [0.05, 0.1) is 17.2 Å². The van der Waals surface area contributed by atoms with E-state index in [1.54, 1.807) is 0 Å². The molecule has 1 atom stereocenters. The van der Waals surface area contributed by atoms with Crippen molar-refractivity contribution < 1.29 is 9.53 Å². The molecule has 0 aliphatic carbocycles. The number of amides is 2. The maximum absolute atomic E-state index is 12.5. The molecule has 1 aromatic carbocycles. The van der Waals surface area contributed by atoms with Gasteiger partial charge in [-0.2, -0.15) is 0 Å². The quantitative estimate of drug-likeness (QED) is 0.911. The molecule has 1 fully saturated rings. The van der Waals surface area contributed by atoms with Crippen LogP contribution >= 0.6 is 11.3 Å². The smallest absolute Gasteiger partial charge is 0.323 e. The van der Waals surface area contributed by atoms with E-state index in [0.717, 1.165) is 22.6 Å². The number of aryl methyl sites for hydroxylation is 1. The molecule has 0 radical (unpaired) electrons. The first-order valence-corrected chi connectivity index (χ1v) is 8.65. The maximum atomic E-state index is 12.5. The van der Waals surface area contributed by atoms with Gasteiger partial charge in [-0.05, 0) is 25.8 Å². The molecule has 2 heterocycles. The van der Waals surface area contributed by atoms with E-state index in [1.807, 2.05) is 30.0 Å². The Bertz CT molecular complexity index is 672. The highest BCUT2D eigenvalue weighted by molar-refractivity contribution is 7.19. The van der Waals surface area contributed by atoms with Crippen LogP contribution in [-0.4, -0.2) is 41.7 Å². The fourth-order valence-electron chi connectivity index (χ4n) is 2.67. The molecule has 0 bridgehead atoms. The maximum Gasteiger partial charge on any atom is 0.323 e. The average Bonchev–Trinajstić information content (AvgIpc) is 2.77. The van der Waals surface area contributed by atoms with Crippen LogP contribution in [0.4, 0.5) is 9.93 Å². The highest BCUT2D eigenvalue weighted by Crippen LogP contribution is 2.32. The van der Waals surface area contributed by atoms with Gasteiger partial charge < -0.3 is 9.64 Å². The summed E-state index contributed by atoms with van der Waals surface area (Å²) < 4.78 is 5.44. The summed E-state index contributed by atoms with van der Waals surface area (Å²) >= 11 is 1.51. The minimum Gasteiger partial charge on any atom is -0.380 e. The van der Waals surface area contributed by atoms with Gasteiger partial charge in [0.25, 0.3) is 0 Å². The number of aromatic nitrogens is 1. The lowest BCUT2D eigenvalue weighted by molar-refractivity contribution is 0.143. The Kier molecular flexibility index (Phi) is 4.93. The summed E-state index contributed by atoms with van der Waals surface area (Å²) in [5, 5.41) is 3.58. The number of nitrogens with one attached hydrogen (secondary N) is 1. The predicted octanol–water partition coefficient (Wildman–Crippen LogP) is 3.76. The average molecular weight is 331 g/mol. The SMILES string of the molecule is Cc1nc(NC(=O)N2CCOCC[C@@H]2C)sc1-c1ccccc1. The van der Waals surface area contributed by atoms with Crippen LogP contribution in [0.25, 0.3) is 10.4 Å². The summed E-state index contributed by atoms with van der Waals surface area (Å²) in [7, 11) is 0. The fourth-order valence-corrected chi connectivity index (χ4v) is 3.63. The monoisotopic (exact) mass is 331 g/mol. The van der Waals surface area contributed by atoms with Gasteiger partial charge in [-0.15, -0.1) is 0 Å². The number of ether oxygens (including phenoxy) is 1. The molecule has 23 heavy (non-hydrogen) atoms. The van der Waals surface area contributed by atoms with Gasteiger partial charge in [0.15, 0.2) is 5.13 Å². The molecule has 1 aliphatic rings.